The van der Waals surface area contributed by atoms with Crippen molar-refractivity contribution in [2.75, 3.05) is 13.1 Å². The van der Waals surface area contributed by atoms with Crippen LogP contribution in [0.2, 0.25) is 0 Å². The fourth-order valence-electron chi connectivity index (χ4n) is 1.82. The van der Waals surface area contributed by atoms with Gasteiger partial charge in [-0.2, -0.15) is 0 Å². The van der Waals surface area contributed by atoms with Crippen molar-refractivity contribution in [1.29, 1.82) is 0 Å². The molecule has 0 bridgehead atoms. The monoisotopic (exact) mass is 223 g/mol. The van der Waals surface area contributed by atoms with Crippen molar-refractivity contribution in [2.45, 2.75) is 46.6 Å². The lowest BCUT2D eigenvalue weighted by atomic mass is 10.2. The van der Waals surface area contributed by atoms with Crippen molar-refractivity contribution in [3.05, 3.63) is 18.2 Å². The smallest absolute Gasteiger partial charge is 0.111 e. The van der Waals surface area contributed by atoms with Crippen LogP contribution in [0.5, 0.6) is 0 Å². The van der Waals surface area contributed by atoms with Crippen LogP contribution in [0, 0.1) is 5.92 Å². The first-order valence-electron chi connectivity index (χ1n) is 6.25. The Balaban J connectivity index is 2.52. The fraction of sp³-hybridized carbons (Fsp3) is 0.769. The molecule has 0 spiro atoms. The third-order valence-corrected chi connectivity index (χ3v) is 2.68. The molecule has 0 saturated carbocycles. The van der Waals surface area contributed by atoms with Crippen LogP contribution in [0.3, 0.4) is 0 Å². The quantitative estimate of drug-likeness (QED) is 0.803. The van der Waals surface area contributed by atoms with Crippen LogP contribution in [0.1, 0.15) is 52.4 Å². The predicted octanol–water partition coefficient (Wildman–Crippen LogP) is 2.81. The van der Waals surface area contributed by atoms with Crippen molar-refractivity contribution in [1.82, 2.24) is 14.9 Å². The van der Waals surface area contributed by atoms with Crippen LogP contribution >= 0.6 is 0 Å². The van der Waals surface area contributed by atoms with E-state index in [4.69, 9.17) is 0 Å². The molecular formula is C13H25N3. The van der Waals surface area contributed by atoms with Crippen molar-refractivity contribution >= 4 is 0 Å². The molecule has 0 fully saturated rings. The normalized spacial score (nSPS) is 13.7. The Hall–Kier alpha value is -0.830. The van der Waals surface area contributed by atoms with Gasteiger partial charge in [0.15, 0.2) is 0 Å². The van der Waals surface area contributed by atoms with Gasteiger partial charge < -0.3 is 9.88 Å². The highest BCUT2D eigenvalue weighted by Crippen LogP contribution is 2.16. The first kappa shape index (κ1) is 13.2. The van der Waals surface area contributed by atoms with E-state index in [0.717, 1.165) is 13.1 Å². The third kappa shape index (κ3) is 3.63. The lowest BCUT2D eigenvalue weighted by Gasteiger charge is -2.19. The van der Waals surface area contributed by atoms with Crippen LogP contribution in [0.15, 0.2) is 12.4 Å². The topological polar surface area (TPSA) is 29.9 Å². The molecular weight excluding hydrogens is 198 g/mol. The van der Waals surface area contributed by atoms with Gasteiger partial charge in [0.25, 0.3) is 0 Å². The first-order chi connectivity index (χ1) is 7.52. The zero-order chi connectivity index (χ0) is 12.1. The molecule has 1 aromatic rings. The minimum Gasteiger partial charge on any atom is -0.331 e. The Kier molecular flexibility index (Phi) is 5.00. The maximum Gasteiger partial charge on any atom is 0.111 e. The van der Waals surface area contributed by atoms with E-state index in [0.29, 0.717) is 17.9 Å². The van der Waals surface area contributed by atoms with Gasteiger partial charge in [0.1, 0.15) is 5.82 Å². The molecule has 3 heteroatoms. The van der Waals surface area contributed by atoms with Gasteiger partial charge in [0.2, 0.25) is 0 Å². The standard InChI is InChI=1S/C13H25N3/c1-10(2)8-14-9-12(5)16-7-6-15-13(16)11(3)4/h6-7,10-12,14H,8-9H2,1-5H3. The number of imidazole rings is 1. The molecule has 3 nitrogen and oxygen atoms in total. The maximum atomic E-state index is 4.42. The molecule has 1 N–H and O–H groups in total. The highest BCUT2D eigenvalue weighted by Gasteiger charge is 2.12. The molecule has 0 amide bonds. The average molecular weight is 223 g/mol. The Bertz CT molecular complexity index is 302. The van der Waals surface area contributed by atoms with E-state index in [1.165, 1.54) is 5.82 Å². The summed E-state index contributed by atoms with van der Waals surface area (Å²) in [5.41, 5.74) is 0. The number of aromatic nitrogens is 2. The Morgan fingerprint density at radius 2 is 1.88 bits per heavy atom. The van der Waals surface area contributed by atoms with Crippen LogP contribution in [-0.4, -0.2) is 22.6 Å². The summed E-state index contributed by atoms with van der Waals surface area (Å²) in [6.45, 7) is 13.2. The van der Waals surface area contributed by atoms with Crippen molar-refractivity contribution in [3.8, 4) is 0 Å². The van der Waals surface area contributed by atoms with Gasteiger partial charge in [-0.3, -0.25) is 0 Å². The van der Waals surface area contributed by atoms with E-state index in [2.05, 4.69) is 55.7 Å². The Morgan fingerprint density at radius 3 is 2.44 bits per heavy atom. The van der Waals surface area contributed by atoms with E-state index >= 15 is 0 Å². The highest BCUT2D eigenvalue weighted by atomic mass is 15.1. The van der Waals surface area contributed by atoms with Gasteiger partial charge in [-0.25, -0.2) is 4.98 Å². The molecule has 1 unspecified atom stereocenters. The largest absolute Gasteiger partial charge is 0.331 e. The summed E-state index contributed by atoms with van der Waals surface area (Å²) < 4.78 is 2.28. The van der Waals surface area contributed by atoms with Gasteiger partial charge in [-0.1, -0.05) is 27.7 Å². The van der Waals surface area contributed by atoms with E-state index in [1.807, 2.05) is 6.20 Å². The molecule has 92 valence electrons. The van der Waals surface area contributed by atoms with Crippen LogP contribution < -0.4 is 5.32 Å². The average Bonchev–Trinajstić information content (AvgIpc) is 2.65. The summed E-state index contributed by atoms with van der Waals surface area (Å²) in [6, 6.07) is 0.471. The van der Waals surface area contributed by atoms with Crippen molar-refractivity contribution < 1.29 is 0 Å². The van der Waals surface area contributed by atoms with Crippen LogP contribution in [-0.2, 0) is 0 Å². The molecule has 0 aliphatic rings. The van der Waals surface area contributed by atoms with Gasteiger partial charge in [-0.15, -0.1) is 0 Å². The summed E-state index contributed by atoms with van der Waals surface area (Å²) in [5.74, 6) is 2.38. The molecule has 1 rings (SSSR count). The molecule has 0 aromatic carbocycles. The van der Waals surface area contributed by atoms with E-state index in [-0.39, 0.29) is 0 Å². The van der Waals surface area contributed by atoms with Crippen LogP contribution in [0.4, 0.5) is 0 Å². The third-order valence-electron chi connectivity index (χ3n) is 2.68. The number of hydrogen-bond acceptors (Lipinski definition) is 2. The molecule has 0 aliphatic heterocycles. The Morgan fingerprint density at radius 1 is 1.19 bits per heavy atom. The number of hydrogen-bond donors (Lipinski definition) is 1. The lowest BCUT2D eigenvalue weighted by molar-refractivity contribution is 0.448. The second-order valence-electron chi connectivity index (χ2n) is 5.25. The van der Waals surface area contributed by atoms with E-state index < -0.39 is 0 Å². The summed E-state index contributed by atoms with van der Waals surface area (Å²) >= 11 is 0. The molecule has 0 saturated heterocycles. The molecule has 1 heterocycles. The molecule has 0 radical (unpaired) electrons. The predicted molar refractivity (Wildman–Crippen MR) is 68.7 cm³/mol. The van der Waals surface area contributed by atoms with Gasteiger partial charge in [0.05, 0.1) is 0 Å². The zero-order valence-electron chi connectivity index (χ0n) is 11.2. The van der Waals surface area contributed by atoms with E-state index in [1.54, 1.807) is 0 Å². The number of rotatable bonds is 6. The molecule has 1 atom stereocenters. The number of nitrogens with zero attached hydrogens (tertiary/aromatic N) is 2. The van der Waals surface area contributed by atoms with E-state index in [9.17, 15) is 0 Å². The van der Waals surface area contributed by atoms with Crippen molar-refractivity contribution in [2.24, 2.45) is 5.92 Å². The van der Waals surface area contributed by atoms with Crippen LogP contribution in [0.25, 0.3) is 0 Å². The van der Waals surface area contributed by atoms with Gasteiger partial charge in [-0.05, 0) is 19.4 Å². The second-order valence-corrected chi connectivity index (χ2v) is 5.25. The molecule has 0 aliphatic carbocycles. The molecule has 1 aromatic heterocycles. The zero-order valence-corrected chi connectivity index (χ0v) is 11.2. The second kappa shape index (κ2) is 6.04. The summed E-state index contributed by atoms with van der Waals surface area (Å²) in [6.07, 6.45) is 3.98. The number of nitrogens with one attached hydrogen (secondary N) is 1. The maximum absolute atomic E-state index is 4.42. The van der Waals surface area contributed by atoms with Gasteiger partial charge in [0, 0.05) is 30.9 Å². The minimum atomic E-state index is 0.471. The first-order valence-corrected chi connectivity index (χ1v) is 6.25. The molecule has 16 heavy (non-hydrogen) atoms. The summed E-state index contributed by atoms with van der Waals surface area (Å²) in [7, 11) is 0. The lowest BCUT2D eigenvalue weighted by Crippen LogP contribution is -2.27. The van der Waals surface area contributed by atoms with Crippen molar-refractivity contribution in [3.63, 3.8) is 0 Å². The fourth-order valence-corrected chi connectivity index (χ4v) is 1.82. The Labute approximate surface area is 99.3 Å². The van der Waals surface area contributed by atoms with Gasteiger partial charge >= 0.3 is 0 Å². The highest BCUT2D eigenvalue weighted by molar-refractivity contribution is 4.99. The summed E-state index contributed by atoms with van der Waals surface area (Å²) in [4.78, 5) is 4.42. The SMILES string of the molecule is CC(C)CNCC(C)n1ccnc1C(C)C. The summed E-state index contributed by atoms with van der Waals surface area (Å²) in [5, 5.41) is 3.49. The minimum absolute atomic E-state index is 0.471.